The van der Waals surface area contributed by atoms with E-state index in [2.05, 4.69) is 21.3 Å². The average molecular weight is 220 g/mol. The van der Waals surface area contributed by atoms with E-state index in [1.54, 1.807) is 6.07 Å². The number of hydrogen-bond acceptors (Lipinski definition) is 5. The molecule has 0 aromatic carbocycles. The molecule has 0 radical (unpaired) electrons. The standard InChI is InChI=1S/C11H16N4O/c1-4-5-6-16-10-7-9(15-12)13-11(14-10)8(2)3/h1,7-8H,5-6,12H2,2-3H3,(H,13,14,15). The third-order valence-electron chi connectivity index (χ3n) is 1.88. The molecule has 0 saturated carbocycles. The lowest BCUT2D eigenvalue weighted by Gasteiger charge is -2.09. The summed E-state index contributed by atoms with van der Waals surface area (Å²) in [5, 5.41) is 0. The van der Waals surface area contributed by atoms with Crippen molar-refractivity contribution in [1.82, 2.24) is 9.97 Å². The van der Waals surface area contributed by atoms with Crippen LogP contribution >= 0.6 is 0 Å². The number of ether oxygens (including phenoxy) is 1. The van der Waals surface area contributed by atoms with Crippen molar-refractivity contribution in [2.75, 3.05) is 12.0 Å². The maximum Gasteiger partial charge on any atom is 0.218 e. The van der Waals surface area contributed by atoms with Gasteiger partial charge in [-0.05, 0) is 0 Å². The molecule has 3 N–H and O–H groups in total. The molecule has 0 amide bonds. The van der Waals surface area contributed by atoms with Crippen molar-refractivity contribution in [1.29, 1.82) is 0 Å². The highest BCUT2D eigenvalue weighted by Crippen LogP contribution is 2.17. The summed E-state index contributed by atoms with van der Waals surface area (Å²) in [5.74, 6) is 9.73. The van der Waals surface area contributed by atoms with Crippen LogP contribution in [0.25, 0.3) is 0 Å². The fourth-order valence-corrected chi connectivity index (χ4v) is 1.06. The molecule has 0 aliphatic carbocycles. The highest BCUT2D eigenvalue weighted by molar-refractivity contribution is 5.37. The van der Waals surface area contributed by atoms with Crippen LogP contribution in [-0.2, 0) is 0 Å². The number of nitrogens with one attached hydrogen (secondary N) is 1. The number of nitrogens with two attached hydrogens (primary N) is 1. The molecule has 0 saturated heterocycles. The number of rotatable bonds is 5. The van der Waals surface area contributed by atoms with Gasteiger partial charge in [-0.15, -0.1) is 12.3 Å². The van der Waals surface area contributed by atoms with E-state index in [-0.39, 0.29) is 5.92 Å². The summed E-state index contributed by atoms with van der Waals surface area (Å²) in [6, 6.07) is 1.64. The molecular weight excluding hydrogens is 204 g/mol. The van der Waals surface area contributed by atoms with Crippen LogP contribution in [0.15, 0.2) is 6.07 Å². The first kappa shape index (κ1) is 12.3. The third kappa shape index (κ3) is 3.41. The molecule has 5 nitrogen and oxygen atoms in total. The summed E-state index contributed by atoms with van der Waals surface area (Å²) >= 11 is 0. The van der Waals surface area contributed by atoms with Crippen molar-refractivity contribution in [3.8, 4) is 18.2 Å². The molecule has 16 heavy (non-hydrogen) atoms. The Labute approximate surface area is 95.4 Å². The summed E-state index contributed by atoms with van der Waals surface area (Å²) in [5.41, 5.74) is 2.48. The predicted octanol–water partition coefficient (Wildman–Crippen LogP) is 1.29. The third-order valence-corrected chi connectivity index (χ3v) is 1.88. The smallest absolute Gasteiger partial charge is 0.218 e. The van der Waals surface area contributed by atoms with Gasteiger partial charge in [0, 0.05) is 18.4 Å². The van der Waals surface area contributed by atoms with Crippen molar-refractivity contribution in [2.24, 2.45) is 5.84 Å². The highest BCUT2D eigenvalue weighted by Gasteiger charge is 2.08. The second kappa shape index (κ2) is 5.93. The predicted molar refractivity (Wildman–Crippen MR) is 62.9 cm³/mol. The molecule has 86 valence electrons. The van der Waals surface area contributed by atoms with Crippen molar-refractivity contribution in [3.63, 3.8) is 0 Å². The Morgan fingerprint density at radius 2 is 2.31 bits per heavy atom. The SMILES string of the molecule is C#CCCOc1cc(NN)nc(C(C)C)n1. The zero-order valence-electron chi connectivity index (χ0n) is 9.53. The lowest BCUT2D eigenvalue weighted by Crippen LogP contribution is -2.12. The van der Waals surface area contributed by atoms with Gasteiger partial charge in [-0.2, -0.15) is 4.98 Å². The van der Waals surface area contributed by atoms with Gasteiger partial charge in [-0.1, -0.05) is 13.8 Å². The van der Waals surface area contributed by atoms with Gasteiger partial charge in [0.2, 0.25) is 5.88 Å². The van der Waals surface area contributed by atoms with Gasteiger partial charge in [0.05, 0.1) is 0 Å². The Bertz CT molecular complexity index is 384. The first-order valence-corrected chi connectivity index (χ1v) is 5.09. The van der Waals surface area contributed by atoms with Gasteiger partial charge in [0.1, 0.15) is 18.2 Å². The van der Waals surface area contributed by atoms with Crippen LogP contribution in [0, 0.1) is 12.3 Å². The fraction of sp³-hybridized carbons (Fsp3) is 0.455. The van der Waals surface area contributed by atoms with Gasteiger partial charge in [-0.3, -0.25) is 0 Å². The van der Waals surface area contributed by atoms with E-state index in [0.29, 0.717) is 30.5 Å². The zero-order chi connectivity index (χ0) is 12.0. The van der Waals surface area contributed by atoms with Gasteiger partial charge >= 0.3 is 0 Å². The molecule has 0 aliphatic heterocycles. The number of nitrogens with zero attached hydrogens (tertiary/aromatic N) is 2. The molecule has 0 atom stereocenters. The fourth-order valence-electron chi connectivity index (χ4n) is 1.06. The van der Waals surface area contributed by atoms with E-state index < -0.39 is 0 Å². The summed E-state index contributed by atoms with van der Waals surface area (Å²) in [4.78, 5) is 8.47. The van der Waals surface area contributed by atoms with Crippen molar-refractivity contribution < 1.29 is 4.74 Å². The van der Waals surface area contributed by atoms with E-state index in [1.807, 2.05) is 13.8 Å². The summed E-state index contributed by atoms with van der Waals surface area (Å²) < 4.78 is 5.39. The molecule has 0 fully saturated rings. The van der Waals surface area contributed by atoms with Crippen LogP contribution < -0.4 is 16.0 Å². The normalized spacial score (nSPS) is 9.94. The molecule has 0 aliphatic rings. The average Bonchev–Trinajstić information content (AvgIpc) is 2.29. The van der Waals surface area contributed by atoms with Crippen LogP contribution in [0.2, 0.25) is 0 Å². The highest BCUT2D eigenvalue weighted by atomic mass is 16.5. The molecule has 0 spiro atoms. The van der Waals surface area contributed by atoms with Gasteiger partial charge in [-0.25, -0.2) is 10.8 Å². The molecule has 1 aromatic rings. The molecule has 1 heterocycles. The Morgan fingerprint density at radius 1 is 1.56 bits per heavy atom. The topological polar surface area (TPSA) is 73.1 Å². The largest absolute Gasteiger partial charge is 0.477 e. The van der Waals surface area contributed by atoms with Crippen molar-refractivity contribution in [3.05, 3.63) is 11.9 Å². The summed E-state index contributed by atoms with van der Waals surface area (Å²) in [7, 11) is 0. The number of hydrazine groups is 1. The summed E-state index contributed by atoms with van der Waals surface area (Å²) in [6.45, 7) is 4.44. The summed E-state index contributed by atoms with van der Waals surface area (Å²) in [6.07, 6.45) is 5.68. The zero-order valence-corrected chi connectivity index (χ0v) is 9.53. The molecule has 0 unspecified atom stereocenters. The second-order valence-electron chi connectivity index (χ2n) is 3.55. The maximum atomic E-state index is 5.39. The van der Waals surface area contributed by atoms with Crippen molar-refractivity contribution in [2.45, 2.75) is 26.2 Å². The van der Waals surface area contributed by atoms with Gasteiger partial charge < -0.3 is 10.2 Å². The van der Waals surface area contributed by atoms with Crippen LogP contribution in [0.3, 0.4) is 0 Å². The van der Waals surface area contributed by atoms with E-state index in [0.717, 1.165) is 0 Å². The van der Waals surface area contributed by atoms with Crippen molar-refractivity contribution >= 4 is 5.82 Å². The minimum atomic E-state index is 0.211. The Kier molecular flexibility index (Phi) is 4.55. The Morgan fingerprint density at radius 3 is 2.88 bits per heavy atom. The number of terminal acetylenes is 1. The van der Waals surface area contributed by atoms with Crippen LogP contribution in [0.1, 0.15) is 32.0 Å². The molecule has 5 heteroatoms. The molecule has 1 aromatic heterocycles. The van der Waals surface area contributed by atoms with E-state index in [4.69, 9.17) is 17.0 Å². The Hall–Kier alpha value is -1.80. The lowest BCUT2D eigenvalue weighted by molar-refractivity contribution is 0.312. The second-order valence-corrected chi connectivity index (χ2v) is 3.55. The quantitative estimate of drug-likeness (QED) is 0.338. The van der Waals surface area contributed by atoms with Crippen LogP contribution in [-0.4, -0.2) is 16.6 Å². The van der Waals surface area contributed by atoms with Gasteiger partial charge in [0.25, 0.3) is 0 Å². The van der Waals surface area contributed by atoms with E-state index in [1.165, 1.54) is 0 Å². The number of hydrogen-bond donors (Lipinski definition) is 2. The Balaban J connectivity index is 2.83. The molecule has 0 bridgehead atoms. The number of nitrogen functional groups attached to an aromatic ring is 1. The van der Waals surface area contributed by atoms with Crippen LogP contribution in [0.4, 0.5) is 5.82 Å². The minimum Gasteiger partial charge on any atom is -0.477 e. The first-order chi connectivity index (χ1) is 7.67. The van der Waals surface area contributed by atoms with Gasteiger partial charge in [0.15, 0.2) is 0 Å². The van der Waals surface area contributed by atoms with E-state index in [9.17, 15) is 0 Å². The molecular formula is C11H16N4O. The van der Waals surface area contributed by atoms with E-state index >= 15 is 0 Å². The monoisotopic (exact) mass is 220 g/mol. The molecule has 1 rings (SSSR count). The first-order valence-electron chi connectivity index (χ1n) is 5.09. The number of anilines is 1. The van der Waals surface area contributed by atoms with Crippen LogP contribution in [0.5, 0.6) is 5.88 Å². The number of aromatic nitrogens is 2. The lowest BCUT2D eigenvalue weighted by atomic mass is 10.2. The minimum absolute atomic E-state index is 0.211. The maximum absolute atomic E-state index is 5.39.